The maximum atomic E-state index is 10.5. The van der Waals surface area contributed by atoms with Crippen LogP contribution in [0.2, 0.25) is 0 Å². The molecule has 0 spiro atoms. The number of aliphatic carboxylic acids is 2. The van der Waals surface area contributed by atoms with Crippen molar-refractivity contribution in [2.24, 2.45) is 5.73 Å². The lowest BCUT2D eigenvalue weighted by Crippen LogP contribution is -2.31. The summed E-state index contributed by atoms with van der Waals surface area (Å²) in [5.74, 6) is -2.30. The molecule has 1 atom stereocenters. The molecule has 0 heterocycles. The first-order chi connectivity index (χ1) is 5.99. The second-order valence-corrected chi connectivity index (χ2v) is 2.59. The zero-order valence-electron chi connectivity index (χ0n) is 7.36. The molecule has 0 aliphatic heterocycles. The number of carboxylic acid groups (broad SMARTS) is 2. The minimum absolute atomic E-state index is 0.0531. The van der Waals surface area contributed by atoms with Crippen LogP contribution >= 0.6 is 0 Å². The van der Waals surface area contributed by atoms with Crippen LogP contribution in [0.5, 0.6) is 0 Å². The Morgan fingerprint density at radius 2 is 2.00 bits per heavy atom. The lowest BCUT2D eigenvalue weighted by molar-refractivity contribution is -0.138. The Morgan fingerprint density at radius 3 is 2.31 bits per heavy atom. The monoisotopic (exact) mass is 187 g/mol. The van der Waals surface area contributed by atoms with Crippen molar-refractivity contribution in [1.82, 2.24) is 0 Å². The summed E-state index contributed by atoms with van der Waals surface area (Å²) < 4.78 is 0. The highest BCUT2D eigenvalue weighted by atomic mass is 16.4. The Bertz CT molecular complexity index is 234. The zero-order valence-corrected chi connectivity index (χ0v) is 7.36. The summed E-state index contributed by atoms with van der Waals surface area (Å²) in [5.41, 5.74) is 5.23. The zero-order chi connectivity index (χ0) is 10.4. The summed E-state index contributed by atoms with van der Waals surface area (Å²) >= 11 is 0. The van der Waals surface area contributed by atoms with E-state index in [9.17, 15) is 9.59 Å². The van der Waals surface area contributed by atoms with Crippen LogP contribution in [-0.2, 0) is 9.59 Å². The number of carboxylic acids is 2. The molecule has 5 nitrogen and oxygen atoms in total. The van der Waals surface area contributed by atoms with Crippen LogP contribution in [0.3, 0.4) is 0 Å². The molecule has 0 rings (SSSR count). The second-order valence-electron chi connectivity index (χ2n) is 2.59. The summed E-state index contributed by atoms with van der Waals surface area (Å²) in [5, 5.41) is 17.1. The fourth-order valence-electron chi connectivity index (χ4n) is 0.829. The van der Waals surface area contributed by atoms with Gasteiger partial charge in [0.25, 0.3) is 0 Å². The van der Waals surface area contributed by atoms with Crippen molar-refractivity contribution in [3.05, 3.63) is 11.6 Å². The SMILES string of the molecule is CC/C=C(\CC(N)C(=O)O)C(=O)O. The summed E-state index contributed by atoms with van der Waals surface area (Å²) in [7, 11) is 0. The van der Waals surface area contributed by atoms with Crippen molar-refractivity contribution in [3.8, 4) is 0 Å². The third-order valence-electron chi connectivity index (χ3n) is 1.48. The van der Waals surface area contributed by atoms with Crippen LogP contribution in [0.25, 0.3) is 0 Å². The predicted octanol–water partition coefficient (Wildman–Crippen LogP) is 0.209. The van der Waals surface area contributed by atoms with Gasteiger partial charge in [0.15, 0.2) is 0 Å². The summed E-state index contributed by atoms with van der Waals surface area (Å²) in [6, 6.07) is -1.14. The molecule has 74 valence electrons. The van der Waals surface area contributed by atoms with E-state index in [0.717, 1.165) is 0 Å². The third-order valence-corrected chi connectivity index (χ3v) is 1.48. The van der Waals surface area contributed by atoms with Gasteiger partial charge in [-0.1, -0.05) is 13.0 Å². The quantitative estimate of drug-likeness (QED) is 0.534. The molecule has 0 saturated heterocycles. The van der Waals surface area contributed by atoms with Crippen molar-refractivity contribution in [1.29, 1.82) is 0 Å². The minimum Gasteiger partial charge on any atom is -0.480 e. The first-order valence-electron chi connectivity index (χ1n) is 3.89. The maximum Gasteiger partial charge on any atom is 0.331 e. The fourth-order valence-corrected chi connectivity index (χ4v) is 0.829. The van der Waals surface area contributed by atoms with E-state index in [2.05, 4.69) is 0 Å². The highest BCUT2D eigenvalue weighted by molar-refractivity contribution is 5.88. The van der Waals surface area contributed by atoms with Gasteiger partial charge in [0, 0.05) is 12.0 Å². The van der Waals surface area contributed by atoms with Crippen LogP contribution in [0.15, 0.2) is 11.6 Å². The van der Waals surface area contributed by atoms with E-state index >= 15 is 0 Å². The van der Waals surface area contributed by atoms with Crippen LogP contribution in [0, 0.1) is 0 Å². The number of carbonyl (C=O) groups is 2. The second kappa shape index (κ2) is 5.31. The van der Waals surface area contributed by atoms with Gasteiger partial charge >= 0.3 is 11.9 Å². The molecule has 0 amide bonds. The number of rotatable bonds is 5. The Hall–Kier alpha value is -1.36. The molecule has 1 unspecified atom stereocenters. The van der Waals surface area contributed by atoms with E-state index < -0.39 is 18.0 Å². The molecule has 0 fully saturated rings. The van der Waals surface area contributed by atoms with Crippen LogP contribution in [0.1, 0.15) is 19.8 Å². The largest absolute Gasteiger partial charge is 0.480 e. The molecule has 0 aromatic carbocycles. The van der Waals surface area contributed by atoms with Gasteiger partial charge in [0.05, 0.1) is 0 Å². The maximum absolute atomic E-state index is 10.5. The van der Waals surface area contributed by atoms with Gasteiger partial charge in [-0.15, -0.1) is 0 Å². The summed E-state index contributed by atoms with van der Waals surface area (Å²) in [4.78, 5) is 20.8. The lowest BCUT2D eigenvalue weighted by atomic mass is 10.1. The highest BCUT2D eigenvalue weighted by Gasteiger charge is 2.17. The van der Waals surface area contributed by atoms with E-state index in [0.29, 0.717) is 6.42 Å². The first kappa shape index (κ1) is 11.6. The Balaban J connectivity index is 4.36. The van der Waals surface area contributed by atoms with Gasteiger partial charge in [0.2, 0.25) is 0 Å². The molecular weight excluding hydrogens is 174 g/mol. The molecule has 0 aliphatic rings. The topological polar surface area (TPSA) is 101 Å². The van der Waals surface area contributed by atoms with Crippen molar-refractivity contribution < 1.29 is 19.8 Å². The Kier molecular flexibility index (Phi) is 4.76. The van der Waals surface area contributed by atoms with Crippen molar-refractivity contribution in [2.75, 3.05) is 0 Å². The smallest absolute Gasteiger partial charge is 0.331 e. The van der Waals surface area contributed by atoms with Crippen LogP contribution in [-0.4, -0.2) is 28.2 Å². The fraction of sp³-hybridized carbons (Fsp3) is 0.500. The Labute approximate surface area is 75.9 Å². The van der Waals surface area contributed by atoms with E-state index in [-0.39, 0.29) is 12.0 Å². The molecule has 0 bridgehead atoms. The summed E-state index contributed by atoms with van der Waals surface area (Å²) in [6.07, 6.45) is 1.87. The van der Waals surface area contributed by atoms with Gasteiger partial charge in [-0.05, 0) is 6.42 Å². The van der Waals surface area contributed by atoms with Gasteiger partial charge in [-0.25, -0.2) is 4.79 Å². The van der Waals surface area contributed by atoms with Gasteiger partial charge in [0.1, 0.15) is 6.04 Å². The molecule has 5 heteroatoms. The number of hydrogen-bond acceptors (Lipinski definition) is 3. The van der Waals surface area contributed by atoms with E-state index in [4.69, 9.17) is 15.9 Å². The molecule has 13 heavy (non-hydrogen) atoms. The standard InChI is InChI=1S/C8H13NO4/c1-2-3-5(7(10)11)4-6(9)8(12)13/h3,6H,2,4,9H2,1H3,(H,10,11)(H,12,13)/b5-3+. The molecule has 0 saturated carbocycles. The molecule has 0 aromatic heterocycles. The van der Waals surface area contributed by atoms with Crippen LogP contribution in [0.4, 0.5) is 0 Å². The molecule has 0 aliphatic carbocycles. The minimum atomic E-state index is -1.19. The van der Waals surface area contributed by atoms with Crippen molar-refractivity contribution in [3.63, 3.8) is 0 Å². The van der Waals surface area contributed by atoms with Gasteiger partial charge in [-0.2, -0.15) is 0 Å². The number of allylic oxidation sites excluding steroid dienone is 1. The number of hydrogen-bond donors (Lipinski definition) is 3. The van der Waals surface area contributed by atoms with Gasteiger partial charge in [-0.3, -0.25) is 4.79 Å². The average molecular weight is 187 g/mol. The average Bonchev–Trinajstić information content (AvgIpc) is 2.03. The third kappa shape index (κ3) is 4.27. The highest BCUT2D eigenvalue weighted by Crippen LogP contribution is 2.05. The van der Waals surface area contributed by atoms with Gasteiger partial charge < -0.3 is 15.9 Å². The number of nitrogens with two attached hydrogens (primary N) is 1. The molecule has 0 radical (unpaired) electrons. The molecule has 4 N–H and O–H groups in total. The van der Waals surface area contributed by atoms with Crippen molar-refractivity contribution >= 4 is 11.9 Å². The Morgan fingerprint density at radius 1 is 1.46 bits per heavy atom. The van der Waals surface area contributed by atoms with E-state index in [1.165, 1.54) is 6.08 Å². The van der Waals surface area contributed by atoms with E-state index in [1.54, 1.807) is 6.92 Å². The predicted molar refractivity (Wildman–Crippen MR) is 46.2 cm³/mol. The normalized spacial score (nSPS) is 13.8. The first-order valence-corrected chi connectivity index (χ1v) is 3.89. The van der Waals surface area contributed by atoms with E-state index in [1.807, 2.05) is 0 Å². The van der Waals surface area contributed by atoms with Crippen molar-refractivity contribution in [2.45, 2.75) is 25.8 Å². The molecule has 0 aromatic rings. The van der Waals surface area contributed by atoms with Crippen LogP contribution < -0.4 is 5.73 Å². The lowest BCUT2D eigenvalue weighted by Gasteiger charge is -2.06. The molecular formula is C8H13NO4. The summed E-state index contributed by atoms with van der Waals surface area (Å²) in [6.45, 7) is 1.77.